The van der Waals surface area contributed by atoms with Crippen LogP contribution in [-0.4, -0.2) is 80.4 Å². The molecule has 0 radical (unpaired) electrons. The average Bonchev–Trinajstić information content (AvgIpc) is 3.31. The molecule has 2 amide bonds. The van der Waals surface area contributed by atoms with Crippen LogP contribution < -0.4 is 25.2 Å². The van der Waals surface area contributed by atoms with Crippen LogP contribution in [0.5, 0.6) is 11.5 Å². The number of amides is 2. The van der Waals surface area contributed by atoms with Crippen molar-refractivity contribution >= 4 is 17.5 Å². The molecule has 2 aliphatic rings. The third kappa shape index (κ3) is 6.70. The summed E-state index contributed by atoms with van der Waals surface area (Å²) in [6.07, 6.45) is 1.59. The predicted octanol–water partition coefficient (Wildman–Crippen LogP) is 3.00. The molecule has 1 aromatic heterocycles. The maximum absolute atomic E-state index is 15.3. The smallest absolute Gasteiger partial charge is 0.387 e. The van der Waals surface area contributed by atoms with E-state index in [0.717, 1.165) is 42.3 Å². The molecule has 44 heavy (non-hydrogen) atoms. The first-order valence-corrected chi connectivity index (χ1v) is 13.9. The normalized spacial score (nSPS) is 19.0. The molecule has 234 valence electrons. The molecule has 14 heteroatoms. The van der Waals surface area contributed by atoms with Crippen LogP contribution in [0.2, 0.25) is 0 Å². The Morgan fingerprint density at radius 2 is 1.70 bits per heavy atom. The molecule has 0 bridgehead atoms. The number of morpholine rings is 1. The fourth-order valence-corrected chi connectivity index (χ4v) is 5.39. The fourth-order valence-electron chi connectivity index (χ4n) is 5.39. The molecule has 1 N–H and O–H groups in total. The average molecular weight is 619 g/mol. The highest BCUT2D eigenvalue weighted by molar-refractivity contribution is 6.05. The van der Waals surface area contributed by atoms with E-state index in [1.807, 2.05) is 0 Å². The molecule has 3 heterocycles. The Morgan fingerprint density at radius 3 is 2.34 bits per heavy atom. The molecule has 2 aromatic carbocycles. The van der Waals surface area contributed by atoms with Gasteiger partial charge in [0.05, 0.1) is 20.3 Å². The predicted molar refractivity (Wildman–Crippen MR) is 150 cm³/mol. The van der Waals surface area contributed by atoms with Crippen molar-refractivity contribution in [1.82, 2.24) is 14.8 Å². The lowest BCUT2D eigenvalue weighted by atomic mass is 9.92. The van der Waals surface area contributed by atoms with Gasteiger partial charge in [-0.15, -0.1) is 0 Å². The number of nitrogens with zero attached hydrogens (tertiary/aromatic N) is 3. The molecule has 0 saturated carbocycles. The Labute approximate surface area is 249 Å². The Kier molecular flexibility index (Phi) is 9.49. The minimum absolute atomic E-state index is 0.0101. The molecule has 2 atom stereocenters. The number of pyridine rings is 1. The number of methoxy groups -OCH3 is 1. The summed E-state index contributed by atoms with van der Waals surface area (Å²) in [6.45, 7) is 0.181. The molecule has 10 nitrogen and oxygen atoms in total. The van der Waals surface area contributed by atoms with Crippen LogP contribution in [0.1, 0.15) is 21.8 Å². The topological polar surface area (TPSA) is 102 Å². The molecule has 2 fully saturated rings. The van der Waals surface area contributed by atoms with Crippen molar-refractivity contribution in [3.8, 4) is 11.5 Å². The van der Waals surface area contributed by atoms with Gasteiger partial charge in [0.25, 0.3) is 11.5 Å². The fraction of sp³-hybridized carbons (Fsp3) is 0.367. The van der Waals surface area contributed by atoms with Gasteiger partial charge in [-0.2, -0.15) is 8.78 Å². The minimum atomic E-state index is -3.06. The third-order valence-electron chi connectivity index (χ3n) is 7.65. The summed E-state index contributed by atoms with van der Waals surface area (Å²) in [5.74, 6) is -5.05. The number of alkyl halides is 2. The van der Waals surface area contributed by atoms with Crippen LogP contribution in [0, 0.1) is 11.6 Å². The van der Waals surface area contributed by atoms with Crippen LogP contribution in [0.3, 0.4) is 0 Å². The highest BCUT2D eigenvalue weighted by Crippen LogP contribution is 2.36. The van der Waals surface area contributed by atoms with E-state index in [1.165, 1.54) is 29.9 Å². The summed E-state index contributed by atoms with van der Waals surface area (Å²) >= 11 is 0. The Morgan fingerprint density at radius 1 is 1.02 bits per heavy atom. The maximum atomic E-state index is 15.3. The first kappa shape index (κ1) is 31.0. The number of carbonyl (C=O) groups is 2. The monoisotopic (exact) mass is 618 g/mol. The first-order valence-electron chi connectivity index (χ1n) is 13.9. The number of hydrogen-bond acceptors (Lipinski definition) is 7. The van der Waals surface area contributed by atoms with E-state index in [4.69, 9.17) is 9.47 Å². The van der Waals surface area contributed by atoms with Gasteiger partial charge in [-0.25, -0.2) is 8.78 Å². The van der Waals surface area contributed by atoms with Crippen LogP contribution in [0.15, 0.2) is 59.5 Å². The van der Waals surface area contributed by atoms with E-state index >= 15 is 8.78 Å². The zero-order valence-electron chi connectivity index (χ0n) is 23.7. The van der Waals surface area contributed by atoms with Crippen molar-refractivity contribution < 1.29 is 41.4 Å². The van der Waals surface area contributed by atoms with E-state index in [-0.39, 0.29) is 29.3 Å². The lowest BCUT2D eigenvalue weighted by Gasteiger charge is -2.26. The zero-order valence-corrected chi connectivity index (χ0v) is 23.7. The highest BCUT2D eigenvalue weighted by Gasteiger charge is 2.46. The molecule has 3 aromatic rings. The van der Waals surface area contributed by atoms with Crippen LogP contribution in [0.4, 0.5) is 23.2 Å². The Hall–Kier alpha value is -4.43. The molecule has 5 rings (SSSR count). The first-order chi connectivity index (χ1) is 21.2. The van der Waals surface area contributed by atoms with Crippen molar-refractivity contribution in [2.45, 2.75) is 25.1 Å². The number of anilines is 1. The zero-order chi connectivity index (χ0) is 31.4. The van der Waals surface area contributed by atoms with Gasteiger partial charge in [-0.1, -0.05) is 0 Å². The van der Waals surface area contributed by atoms with E-state index < -0.39 is 53.1 Å². The third-order valence-corrected chi connectivity index (χ3v) is 7.65. The van der Waals surface area contributed by atoms with E-state index in [9.17, 15) is 23.2 Å². The number of ether oxygens (including phenoxy) is 3. The van der Waals surface area contributed by atoms with Gasteiger partial charge in [0.15, 0.2) is 0 Å². The summed E-state index contributed by atoms with van der Waals surface area (Å²) in [5, 5.41) is 2.53. The second-order valence-electron chi connectivity index (χ2n) is 10.3. The van der Waals surface area contributed by atoms with Crippen molar-refractivity contribution in [3.05, 3.63) is 87.8 Å². The van der Waals surface area contributed by atoms with Crippen LogP contribution in [0.25, 0.3) is 0 Å². The largest absolute Gasteiger partial charge is 0.497 e. The number of nitrogens with one attached hydrogen (secondary N) is 1. The maximum Gasteiger partial charge on any atom is 0.387 e. The summed E-state index contributed by atoms with van der Waals surface area (Å²) in [5.41, 5.74) is -0.970. The Balaban J connectivity index is 1.45. The summed E-state index contributed by atoms with van der Waals surface area (Å²) in [6, 6.07) is 8.20. The summed E-state index contributed by atoms with van der Waals surface area (Å²) in [7, 11) is 1.24. The molecule has 0 unspecified atom stereocenters. The molecule has 2 saturated heterocycles. The van der Waals surface area contributed by atoms with Gasteiger partial charge < -0.3 is 29.0 Å². The van der Waals surface area contributed by atoms with Crippen molar-refractivity contribution in [3.63, 3.8) is 0 Å². The molecular formula is C30H30F4N4O6. The standard InChI is InChI=1S/C30H30F4N4O6/c1-42-20-15-22(31)25(23(32)16-20)21-17-38(24-3-2-8-37(28(24)40)10-9-36-11-13-43-14-12-36)29(41)26(21)35-27(39)18-4-6-19(7-5-18)44-30(33)34/h2-8,15-16,21,26,30H,9-14,17H2,1H3,(H,35,39)/t21-,26-/m0/s1. The van der Waals surface area contributed by atoms with Gasteiger partial charge in [-0.05, 0) is 36.4 Å². The number of halogens is 4. The molecule has 0 spiro atoms. The SMILES string of the molecule is COc1cc(F)c([C@@H]2CN(c3cccn(CCN4CCOCC4)c3=O)C(=O)[C@H]2NC(=O)c2ccc(OC(F)F)cc2)c(F)c1. The molecule has 0 aliphatic carbocycles. The number of rotatable bonds is 10. The van der Waals surface area contributed by atoms with Crippen LogP contribution in [-0.2, 0) is 16.1 Å². The van der Waals surface area contributed by atoms with E-state index in [1.54, 1.807) is 12.3 Å². The van der Waals surface area contributed by atoms with E-state index in [2.05, 4.69) is 15.0 Å². The lowest BCUT2D eigenvalue weighted by molar-refractivity contribution is -0.118. The summed E-state index contributed by atoms with van der Waals surface area (Å²) < 4.78 is 71.7. The number of hydrogen-bond donors (Lipinski definition) is 1. The van der Waals surface area contributed by atoms with Gasteiger partial charge in [0, 0.05) is 68.1 Å². The number of benzene rings is 2. The van der Waals surface area contributed by atoms with Crippen molar-refractivity contribution in [2.75, 3.05) is 51.4 Å². The van der Waals surface area contributed by atoms with Crippen molar-refractivity contribution in [2.24, 2.45) is 0 Å². The quantitative estimate of drug-likeness (QED) is 0.349. The Bertz CT molecular complexity index is 1540. The van der Waals surface area contributed by atoms with Gasteiger partial charge in [0.1, 0.15) is 34.9 Å². The molecule has 2 aliphatic heterocycles. The second-order valence-corrected chi connectivity index (χ2v) is 10.3. The van der Waals surface area contributed by atoms with Gasteiger partial charge in [0.2, 0.25) is 5.91 Å². The van der Waals surface area contributed by atoms with E-state index in [0.29, 0.717) is 26.3 Å². The lowest BCUT2D eigenvalue weighted by Crippen LogP contribution is -2.45. The summed E-state index contributed by atoms with van der Waals surface area (Å²) in [4.78, 5) is 43.7. The number of carbonyl (C=O) groups excluding carboxylic acids is 2. The minimum Gasteiger partial charge on any atom is -0.497 e. The van der Waals surface area contributed by atoms with Crippen LogP contribution >= 0.6 is 0 Å². The second kappa shape index (κ2) is 13.5. The van der Waals surface area contributed by atoms with Gasteiger partial charge in [-0.3, -0.25) is 19.3 Å². The van der Waals surface area contributed by atoms with Crippen molar-refractivity contribution in [1.29, 1.82) is 0 Å². The van der Waals surface area contributed by atoms with Gasteiger partial charge >= 0.3 is 6.61 Å². The number of aromatic nitrogens is 1. The molecular weight excluding hydrogens is 588 g/mol. The highest BCUT2D eigenvalue weighted by atomic mass is 19.3.